The normalized spacial score (nSPS) is 16.7. The Hall–Kier alpha value is -1.16. The van der Waals surface area contributed by atoms with Crippen molar-refractivity contribution in [2.45, 2.75) is 38.0 Å². The fourth-order valence-electron chi connectivity index (χ4n) is 2.79. The molecule has 0 radical (unpaired) electrons. The average Bonchev–Trinajstić information content (AvgIpc) is 2.83. The number of hydrogen-bond donors (Lipinski definition) is 0. The maximum atomic E-state index is 4.77. The van der Waals surface area contributed by atoms with Crippen molar-refractivity contribution in [3.63, 3.8) is 0 Å². The minimum atomic E-state index is 0.559. The fourth-order valence-corrected chi connectivity index (χ4v) is 3.05. The third-order valence-electron chi connectivity index (χ3n) is 3.85. The molecule has 1 aromatic heterocycles. The molecule has 100 valence electrons. The molecule has 1 aliphatic carbocycles. The zero-order valence-corrected chi connectivity index (χ0v) is 12.7. The van der Waals surface area contributed by atoms with Gasteiger partial charge in [-0.05, 0) is 25.0 Å². The Bertz CT molecular complexity index is 553. The molecule has 0 saturated heterocycles. The lowest BCUT2D eigenvalue weighted by Gasteiger charge is -2.18. The van der Waals surface area contributed by atoms with Crippen LogP contribution in [-0.4, -0.2) is 14.8 Å². The quantitative estimate of drug-likeness (QED) is 0.826. The minimum absolute atomic E-state index is 0.559. The van der Waals surface area contributed by atoms with Gasteiger partial charge in [-0.1, -0.05) is 47.3 Å². The van der Waals surface area contributed by atoms with Crippen LogP contribution in [0.5, 0.6) is 0 Å². The number of nitrogens with zero attached hydrogens (tertiary/aromatic N) is 3. The molecule has 1 aromatic carbocycles. The van der Waals surface area contributed by atoms with Gasteiger partial charge < -0.3 is 0 Å². The van der Waals surface area contributed by atoms with E-state index in [1.807, 2.05) is 23.9 Å². The van der Waals surface area contributed by atoms with Crippen molar-refractivity contribution >= 4 is 15.9 Å². The van der Waals surface area contributed by atoms with Crippen molar-refractivity contribution in [3.8, 4) is 11.4 Å². The van der Waals surface area contributed by atoms with Crippen molar-refractivity contribution < 1.29 is 0 Å². The van der Waals surface area contributed by atoms with Crippen LogP contribution in [0.25, 0.3) is 11.4 Å². The summed E-state index contributed by atoms with van der Waals surface area (Å²) in [6.07, 6.45) is 6.48. The average molecular weight is 320 g/mol. The van der Waals surface area contributed by atoms with E-state index >= 15 is 0 Å². The van der Waals surface area contributed by atoms with Crippen LogP contribution < -0.4 is 0 Å². The molecule has 1 fully saturated rings. The van der Waals surface area contributed by atoms with E-state index in [0.29, 0.717) is 5.92 Å². The molecule has 1 aliphatic rings. The van der Waals surface area contributed by atoms with Crippen molar-refractivity contribution in [1.82, 2.24) is 14.8 Å². The van der Waals surface area contributed by atoms with Crippen molar-refractivity contribution in [1.29, 1.82) is 0 Å². The van der Waals surface area contributed by atoms with E-state index in [1.165, 1.54) is 32.1 Å². The number of hydrogen-bond acceptors (Lipinski definition) is 2. The first-order valence-electron chi connectivity index (χ1n) is 6.91. The van der Waals surface area contributed by atoms with Crippen LogP contribution in [0.15, 0.2) is 28.7 Å². The summed E-state index contributed by atoms with van der Waals surface area (Å²) in [5.41, 5.74) is 1.13. The van der Waals surface area contributed by atoms with Crippen LogP contribution in [0, 0.1) is 0 Å². The van der Waals surface area contributed by atoms with E-state index in [4.69, 9.17) is 4.98 Å². The summed E-state index contributed by atoms with van der Waals surface area (Å²) in [4.78, 5) is 4.77. The lowest BCUT2D eigenvalue weighted by atomic mass is 9.89. The van der Waals surface area contributed by atoms with Crippen molar-refractivity contribution in [2.24, 2.45) is 7.05 Å². The van der Waals surface area contributed by atoms with Gasteiger partial charge in [0.15, 0.2) is 11.6 Å². The summed E-state index contributed by atoms with van der Waals surface area (Å²) in [5, 5.41) is 4.63. The van der Waals surface area contributed by atoms with Crippen LogP contribution in [0.3, 0.4) is 0 Å². The number of benzene rings is 1. The first-order chi connectivity index (χ1) is 9.24. The van der Waals surface area contributed by atoms with Crippen LogP contribution in [0.4, 0.5) is 0 Å². The summed E-state index contributed by atoms with van der Waals surface area (Å²) in [7, 11) is 1.98. The van der Waals surface area contributed by atoms with Gasteiger partial charge in [0.05, 0.1) is 0 Å². The predicted octanol–water partition coefficient (Wildman–Crippen LogP) is 4.29. The van der Waals surface area contributed by atoms with Gasteiger partial charge in [-0.2, -0.15) is 5.10 Å². The van der Waals surface area contributed by atoms with Crippen molar-refractivity contribution in [2.75, 3.05) is 0 Å². The number of rotatable bonds is 2. The smallest absolute Gasteiger partial charge is 0.158 e. The molecule has 3 nitrogen and oxygen atoms in total. The van der Waals surface area contributed by atoms with Gasteiger partial charge >= 0.3 is 0 Å². The van der Waals surface area contributed by atoms with E-state index in [1.54, 1.807) is 0 Å². The second-order valence-corrected chi connectivity index (χ2v) is 6.17. The molecule has 0 amide bonds. The van der Waals surface area contributed by atoms with Gasteiger partial charge in [0.1, 0.15) is 0 Å². The standard InChI is InChI=1S/C15H18BrN3/c1-19-15(12-7-9-13(16)10-8-12)17-14(18-19)11-5-3-2-4-6-11/h7-11H,2-6H2,1H3. The zero-order chi connectivity index (χ0) is 13.2. The topological polar surface area (TPSA) is 30.7 Å². The Morgan fingerprint density at radius 2 is 1.79 bits per heavy atom. The number of halogens is 1. The molecule has 0 atom stereocenters. The Morgan fingerprint density at radius 1 is 1.11 bits per heavy atom. The molecule has 0 unspecified atom stereocenters. The fraction of sp³-hybridized carbons (Fsp3) is 0.467. The van der Waals surface area contributed by atoms with Crippen LogP contribution in [0.1, 0.15) is 43.8 Å². The summed E-state index contributed by atoms with van der Waals surface area (Å²) >= 11 is 3.46. The van der Waals surface area contributed by atoms with E-state index in [2.05, 4.69) is 33.2 Å². The first-order valence-corrected chi connectivity index (χ1v) is 7.70. The molecular weight excluding hydrogens is 302 g/mol. The molecule has 3 rings (SSSR count). The Labute approximate surface area is 122 Å². The zero-order valence-electron chi connectivity index (χ0n) is 11.1. The Morgan fingerprint density at radius 3 is 2.47 bits per heavy atom. The maximum absolute atomic E-state index is 4.77. The monoisotopic (exact) mass is 319 g/mol. The Kier molecular flexibility index (Phi) is 3.69. The molecular formula is C15H18BrN3. The molecule has 19 heavy (non-hydrogen) atoms. The van der Waals surface area contributed by atoms with Gasteiger partial charge in [0.25, 0.3) is 0 Å². The second kappa shape index (κ2) is 5.45. The van der Waals surface area contributed by atoms with Gasteiger partial charge in [0.2, 0.25) is 0 Å². The molecule has 0 bridgehead atoms. The van der Waals surface area contributed by atoms with Crippen LogP contribution >= 0.6 is 15.9 Å². The summed E-state index contributed by atoms with van der Waals surface area (Å²) in [6, 6.07) is 8.26. The Balaban J connectivity index is 1.90. The number of aryl methyl sites for hydroxylation is 1. The van der Waals surface area contributed by atoms with Crippen LogP contribution in [0.2, 0.25) is 0 Å². The SMILES string of the molecule is Cn1nc(C2CCCCC2)nc1-c1ccc(Br)cc1. The van der Waals surface area contributed by atoms with E-state index in [9.17, 15) is 0 Å². The molecule has 4 heteroatoms. The van der Waals surface area contributed by atoms with Gasteiger partial charge in [-0.25, -0.2) is 9.67 Å². The molecule has 1 saturated carbocycles. The summed E-state index contributed by atoms with van der Waals surface area (Å²) in [6.45, 7) is 0. The van der Waals surface area contributed by atoms with E-state index < -0.39 is 0 Å². The predicted molar refractivity (Wildman–Crippen MR) is 80.0 cm³/mol. The van der Waals surface area contributed by atoms with Gasteiger partial charge in [-0.3, -0.25) is 0 Å². The molecule has 2 aromatic rings. The summed E-state index contributed by atoms with van der Waals surface area (Å²) in [5.74, 6) is 2.55. The number of aromatic nitrogens is 3. The second-order valence-electron chi connectivity index (χ2n) is 5.26. The summed E-state index contributed by atoms with van der Waals surface area (Å²) < 4.78 is 3.00. The third kappa shape index (κ3) is 2.73. The van der Waals surface area contributed by atoms with Gasteiger partial charge in [-0.15, -0.1) is 0 Å². The van der Waals surface area contributed by atoms with E-state index in [0.717, 1.165) is 21.7 Å². The van der Waals surface area contributed by atoms with Crippen molar-refractivity contribution in [3.05, 3.63) is 34.6 Å². The largest absolute Gasteiger partial charge is 0.249 e. The molecule has 0 N–H and O–H groups in total. The highest BCUT2D eigenvalue weighted by Crippen LogP contribution is 2.32. The highest BCUT2D eigenvalue weighted by Gasteiger charge is 2.21. The first kappa shape index (κ1) is 12.9. The maximum Gasteiger partial charge on any atom is 0.158 e. The molecule has 0 aliphatic heterocycles. The molecule has 0 spiro atoms. The minimum Gasteiger partial charge on any atom is -0.249 e. The molecule has 1 heterocycles. The van der Waals surface area contributed by atoms with Gasteiger partial charge in [0, 0.05) is 23.0 Å². The lowest BCUT2D eigenvalue weighted by Crippen LogP contribution is -2.06. The third-order valence-corrected chi connectivity index (χ3v) is 4.38. The lowest BCUT2D eigenvalue weighted by molar-refractivity contribution is 0.427. The highest BCUT2D eigenvalue weighted by molar-refractivity contribution is 9.10. The van der Waals surface area contributed by atoms with E-state index in [-0.39, 0.29) is 0 Å². The van der Waals surface area contributed by atoms with Crippen LogP contribution in [-0.2, 0) is 7.05 Å². The highest BCUT2D eigenvalue weighted by atomic mass is 79.9.